The van der Waals surface area contributed by atoms with Crippen LogP contribution in [0.25, 0.3) is 0 Å². The predicted octanol–water partition coefficient (Wildman–Crippen LogP) is 3.45. The molecule has 3 heteroatoms. The Labute approximate surface area is 108 Å². The molecule has 0 fully saturated rings. The second-order valence-electron chi connectivity index (χ2n) is 5.37. The number of aliphatic hydroxyl groups excluding tert-OH is 2. The van der Waals surface area contributed by atoms with Gasteiger partial charge in [0.15, 0.2) is 0 Å². The van der Waals surface area contributed by atoms with Gasteiger partial charge in [0.2, 0.25) is 0 Å². The first-order valence-electron chi connectivity index (χ1n) is 7.45. The summed E-state index contributed by atoms with van der Waals surface area (Å²) in [6.07, 6.45) is 10.9. The predicted molar refractivity (Wildman–Crippen MR) is 80.7 cm³/mol. The zero-order chi connectivity index (χ0) is 13.1. The molecule has 1 atom stereocenters. The van der Waals surface area contributed by atoms with Gasteiger partial charge in [-0.2, -0.15) is 0 Å². The third-order valence-corrected chi connectivity index (χ3v) is 9.61. The Morgan fingerprint density at radius 2 is 1.18 bits per heavy atom. The molecule has 0 radical (unpaired) electrons. The van der Waals surface area contributed by atoms with Gasteiger partial charge in [0.05, 0.1) is 0 Å². The molecular weight excluding hydrogens is 231 g/mol. The molecule has 2 nitrogen and oxygen atoms in total. The summed E-state index contributed by atoms with van der Waals surface area (Å²) in [6, 6.07) is 0. The van der Waals surface area contributed by atoms with Crippen LogP contribution in [0, 0.1) is 0 Å². The zero-order valence-corrected chi connectivity index (χ0v) is 13.0. The van der Waals surface area contributed by atoms with Crippen LogP contribution in [0.1, 0.15) is 59.3 Å². The van der Waals surface area contributed by atoms with E-state index >= 15 is 0 Å². The zero-order valence-electron chi connectivity index (χ0n) is 12.0. The van der Waals surface area contributed by atoms with Crippen molar-refractivity contribution >= 4 is 7.26 Å². The maximum atomic E-state index is 10.3. The van der Waals surface area contributed by atoms with Gasteiger partial charge in [-0.05, 0) is 0 Å². The number of hydrogen-bond acceptors (Lipinski definition) is 2. The van der Waals surface area contributed by atoms with Crippen LogP contribution in [0.2, 0.25) is 0 Å². The molecule has 0 rings (SSSR count). The van der Waals surface area contributed by atoms with Gasteiger partial charge >= 0.3 is 108 Å². The van der Waals surface area contributed by atoms with Crippen molar-refractivity contribution in [1.29, 1.82) is 0 Å². The second kappa shape index (κ2) is 10.3. The minimum absolute atomic E-state index is 0.0244. The molecule has 0 aliphatic heterocycles. The summed E-state index contributed by atoms with van der Waals surface area (Å²) >= 11 is 0. The van der Waals surface area contributed by atoms with E-state index in [1.54, 1.807) is 0 Å². The molecule has 2 N–H and O–H groups in total. The fraction of sp³-hybridized carbons (Fsp3) is 1.00. The van der Waals surface area contributed by atoms with Gasteiger partial charge < -0.3 is 0 Å². The summed E-state index contributed by atoms with van der Waals surface area (Å²) in [7, 11) is -1.66. The fourth-order valence-electron chi connectivity index (χ4n) is 2.66. The number of aliphatic hydroxyl groups is 2. The summed E-state index contributed by atoms with van der Waals surface area (Å²) in [5.41, 5.74) is 0. The van der Waals surface area contributed by atoms with Gasteiger partial charge in [0.1, 0.15) is 0 Å². The van der Waals surface area contributed by atoms with Crippen LogP contribution in [0.3, 0.4) is 0 Å². The Morgan fingerprint density at radius 3 is 1.41 bits per heavy atom. The molecular formula is C14H33O2P. The van der Waals surface area contributed by atoms with E-state index in [1.807, 2.05) is 0 Å². The molecule has 0 aromatic heterocycles. The fourth-order valence-corrected chi connectivity index (χ4v) is 7.97. The van der Waals surface area contributed by atoms with E-state index < -0.39 is 13.1 Å². The second-order valence-corrected chi connectivity index (χ2v) is 10.3. The number of unbranched alkanes of at least 4 members (excludes halogenated alkanes) is 3. The Morgan fingerprint density at radius 1 is 0.824 bits per heavy atom. The average molecular weight is 264 g/mol. The molecule has 0 saturated heterocycles. The summed E-state index contributed by atoms with van der Waals surface area (Å²) in [4.78, 5) is 0. The van der Waals surface area contributed by atoms with Crippen molar-refractivity contribution in [1.82, 2.24) is 0 Å². The van der Waals surface area contributed by atoms with E-state index in [2.05, 4.69) is 20.8 Å². The maximum absolute atomic E-state index is 10.3. The van der Waals surface area contributed by atoms with Gasteiger partial charge in [-0.25, -0.2) is 0 Å². The van der Waals surface area contributed by atoms with Crippen LogP contribution < -0.4 is 0 Å². The third-order valence-electron chi connectivity index (χ3n) is 3.96. The van der Waals surface area contributed by atoms with Gasteiger partial charge in [-0.3, -0.25) is 0 Å². The van der Waals surface area contributed by atoms with Crippen molar-refractivity contribution in [2.45, 2.75) is 65.1 Å². The SMILES string of the molecule is CCCC[PH](CCCC)(CCCC)C(O)CO. The van der Waals surface area contributed by atoms with Crippen LogP contribution in [0.15, 0.2) is 0 Å². The quantitative estimate of drug-likeness (QED) is 0.561. The van der Waals surface area contributed by atoms with Crippen molar-refractivity contribution in [3.05, 3.63) is 0 Å². The summed E-state index contributed by atoms with van der Waals surface area (Å²) in [6.45, 7) is 6.61. The van der Waals surface area contributed by atoms with Crippen LogP contribution in [-0.4, -0.2) is 41.2 Å². The van der Waals surface area contributed by atoms with Crippen LogP contribution in [-0.2, 0) is 0 Å². The third kappa shape index (κ3) is 6.18. The first kappa shape index (κ1) is 17.4. The van der Waals surface area contributed by atoms with Crippen LogP contribution in [0.4, 0.5) is 0 Å². The van der Waals surface area contributed by atoms with Crippen LogP contribution in [0.5, 0.6) is 0 Å². The van der Waals surface area contributed by atoms with Gasteiger partial charge in [0, 0.05) is 0 Å². The van der Waals surface area contributed by atoms with E-state index in [0.29, 0.717) is 0 Å². The van der Waals surface area contributed by atoms with Gasteiger partial charge in [-0.1, -0.05) is 0 Å². The summed E-state index contributed by atoms with van der Waals surface area (Å²) < 4.78 is 0. The Kier molecular flexibility index (Phi) is 10.5. The molecule has 0 aliphatic carbocycles. The molecule has 0 bridgehead atoms. The standard InChI is InChI=1S/C14H33O2P/c1-4-7-10-17(11-8-5-2,12-9-6-3)14(16)13-15/h14-17H,4-13H2,1-3H3. The van der Waals surface area contributed by atoms with E-state index in [1.165, 1.54) is 57.0 Å². The number of rotatable bonds is 11. The molecule has 0 heterocycles. The number of hydrogen-bond donors (Lipinski definition) is 2. The molecule has 17 heavy (non-hydrogen) atoms. The molecule has 1 unspecified atom stereocenters. The monoisotopic (exact) mass is 264 g/mol. The van der Waals surface area contributed by atoms with E-state index in [0.717, 1.165) is 0 Å². The summed E-state index contributed by atoms with van der Waals surface area (Å²) in [5, 5.41) is 19.6. The Balaban J connectivity index is 4.63. The molecule has 0 saturated carbocycles. The Bertz CT molecular complexity index is 152. The molecule has 0 aromatic rings. The average Bonchev–Trinajstić information content (AvgIpc) is 2.37. The van der Waals surface area contributed by atoms with E-state index in [9.17, 15) is 10.2 Å². The van der Waals surface area contributed by atoms with Crippen molar-refractivity contribution in [2.75, 3.05) is 25.1 Å². The first-order valence-corrected chi connectivity index (χ1v) is 10.2. The van der Waals surface area contributed by atoms with Gasteiger partial charge in [0.25, 0.3) is 0 Å². The molecule has 0 amide bonds. The van der Waals surface area contributed by atoms with Gasteiger partial charge in [-0.15, -0.1) is 0 Å². The van der Waals surface area contributed by atoms with Crippen molar-refractivity contribution in [2.24, 2.45) is 0 Å². The minimum atomic E-state index is -1.66. The topological polar surface area (TPSA) is 40.5 Å². The van der Waals surface area contributed by atoms with E-state index in [-0.39, 0.29) is 6.61 Å². The normalized spacial score (nSPS) is 14.9. The van der Waals surface area contributed by atoms with Crippen molar-refractivity contribution in [3.63, 3.8) is 0 Å². The first-order chi connectivity index (χ1) is 8.16. The van der Waals surface area contributed by atoms with Crippen molar-refractivity contribution < 1.29 is 10.2 Å². The van der Waals surface area contributed by atoms with Crippen molar-refractivity contribution in [3.8, 4) is 0 Å². The van der Waals surface area contributed by atoms with Crippen LogP contribution >= 0.6 is 7.26 Å². The Hall–Kier alpha value is 0.350. The molecule has 0 spiro atoms. The molecule has 106 valence electrons. The van der Waals surface area contributed by atoms with E-state index in [4.69, 9.17) is 0 Å². The summed E-state index contributed by atoms with van der Waals surface area (Å²) in [5.74, 6) is -0.396. The molecule has 0 aliphatic rings. The molecule has 0 aromatic carbocycles.